The van der Waals surface area contributed by atoms with Crippen LogP contribution < -0.4 is 0 Å². The fourth-order valence-corrected chi connectivity index (χ4v) is 5.70. The fourth-order valence-electron chi connectivity index (χ4n) is 3.40. The molecule has 27 heavy (non-hydrogen) atoms. The number of piperidine rings is 1. The van der Waals surface area contributed by atoms with Crippen LogP contribution in [0.25, 0.3) is 0 Å². The summed E-state index contributed by atoms with van der Waals surface area (Å²) in [5.41, 5.74) is 1.03. The first-order valence-corrected chi connectivity index (χ1v) is 11.5. The van der Waals surface area contributed by atoms with Gasteiger partial charge in [-0.3, -0.25) is 4.79 Å². The zero-order chi connectivity index (χ0) is 19.6. The third kappa shape index (κ3) is 4.25. The molecule has 7 heteroatoms. The Morgan fingerprint density at radius 2 is 1.81 bits per heavy atom. The summed E-state index contributed by atoms with van der Waals surface area (Å²) in [6.07, 6.45) is 1.12. The Morgan fingerprint density at radius 3 is 2.37 bits per heavy atom. The van der Waals surface area contributed by atoms with Crippen LogP contribution in [0.2, 0.25) is 0 Å². The summed E-state index contributed by atoms with van der Waals surface area (Å²) < 4.78 is 27.1. The van der Waals surface area contributed by atoms with Gasteiger partial charge in [-0.2, -0.15) is 4.31 Å². The number of aryl methyl sites for hydroxylation is 1. The van der Waals surface area contributed by atoms with Crippen LogP contribution in [0.15, 0.2) is 46.7 Å². The van der Waals surface area contributed by atoms with E-state index in [0.29, 0.717) is 30.8 Å². The molecule has 1 fully saturated rings. The molecule has 2 heterocycles. The molecule has 0 saturated carbocycles. The number of carbonyl (C=O) groups excluding carboxylic acids is 1. The minimum Gasteiger partial charge on any atom is -0.338 e. The van der Waals surface area contributed by atoms with Crippen LogP contribution in [-0.4, -0.2) is 43.7 Å². The van der Waals surface area contributed by atoms with E-state index in [2.05, 4.69) is 0 Å². The van der Waals surface area contributed by atoms with Crippen molar-refractivity contribution in [1.29, 1.82) is 0 Å². The van der Waals surface area contributed by atoms with E-state index >= 15 is 0 Å². The average Bonchev–Trinajstić information content (AvgIpc) is 3.21. The van der Waals surface area contributed by atoms with E-state index in [4.69, 9.17) is 0 Å². The second-order valence-electron chi connectivity index (χ2n) is 7.13. The van der Waals surface area contributed by atoms with Crippen molar-refractivity contribution in [2.75, 3.05) is 20.1 Å². The summed E-state index contributed by atoms with van der Waals surface area (Å²) in [6, 6.07) is 11.0. The molecule has 0 radical (unpaired) electrons. The van der Waals surface area contributed by atoms with Gasteiger partial charge < -0.3 is 4.90 Å². The quantitative estimate of drug-likeness (QED) is 0.761. The smallest absolute Gasteiger partial charge is 0.243 e. The average molecular weight is 407 g/mol. The van der Waals surface area contributed by atoms with Crippen LogP contribution in [0, 0.1) is 12.8 Å². The molecule has 0 spiro atoms. The van der Waals surface area contributed by atoms with Gasteiger partial charge in [-0.25, -0.2) is 8.42 Å². The molecule has 1 aliphatic heterocycles. The lowest BCUT2D eigenvalue weighted by Crippen LogP contribution is -2.43. The summed E-state index contributed by atoms with van der Waals surface area (Å²) in [4.78, 5) is 16.1. The summed E-state index contributed by atoms with van der Waals surface area (Å²) in [5, 5.41) is 2.01. The summed E-state index contributed by atoms with van der Waals surface area (Å²) in [6.45, 7) is 4.73. The van der Waals surface area contributed by atoms with E-state index < -0.39 is 10.0 Å². The van der Waals surface area contributed by atoms with Crippen molar-refractivity contribution >= 4 is 27.3 Å². The van der Waals surface area contributed by atoms with Crippen molar-refractivity contribution in [1.82, 2.24) is 9.21 Å². The van der Waals surface area contributed by atoms with E-state index in [1.54, 1.807) is 28.4 Å². The van der Waals surface area contributed by atoms with Crippen molar-refractivity contribution in [3.63, 3.8) is 0 Å². The second-order valence-corrected chi connectivity index (χ2v) is 10.0. The van der Waals surface area contributed by atoms with Gasteiger partial charge in [0.2, 0.25) is 15.9 Å². The Bertz CT molecular complexity index is 868. The molecule has 1 atom stereocenters. The molecule has 0 bridgehead atoms. The van der Waals surface area contributed by atoms with Gasteiger partial charge in [0, 0.05) is 30.9 Å². The van der Waals surface area contributed by atoms with E-state index in [9.17, 15) is 13.2 Å². The van der Waals surface area contributed by atoms with Gasteiger partial charge in [-0.05, 0) is 50.3 Å². The Labute approximate surface area is 165 Å². The molecule has 1 aromatic carbocycles. The lowest BCUT2D eigenvalue weighted by atomic mass is 9.96. The van der Waals surface area contributed by atoms with Crippen molar-refractivity contribution in [3.8, 4) is 0 Å². The molecule has 5 nitrogen and oxygen atoms in total. The lowest BCUT2D eigenvalue weighted by Gasteiger charge is -2.34. The molecule has 1 saturated heterocycles. The van der Waals surface area contributed by atoms with Gasteiger partial charge >= 0.3 is 0 Å². The number of thiophene rings is 1. The van der Waals surface area contributed by atoms with Crippen LogP contribution in [-0.2, 0) is 14.8 Å². The predicted molar refractivity (Wildman–Crippen MR) is 108 cm³/mol. The van der Waals surface area contributed by atoms with Crippen molar-refractivity contribution < 1.29 is 13.2 Å². The highest BCUT2D eigenvalue weighted by atomic mass is 32.2. The number of sulfonamides is 1. The standard InChI is InChI=1S/C20H26N2O3S2/c1-15-6-8-18(9-7-15)27(24,25)22-12-10-17(11-13-22)20(23)21(3)16(2)19-5-4-14-26-19/h4-9,14,16-17H,10-13H2,1-3H3. The zero-order valence-electron chi connectivity index (χ0n) is 16.0. The number of benzene rings is 1. The Morgan fingerprint density at radius 1 is 1.19 bits per heavy atom. The monoisotopic (exact) mass is 406 g/mol. The minimum absolute atomic E-state index is 0.0341. The number of carbonyl (C=O) groups is 1. The van der Waals surface area contributed by atoms with Crippen molar-refractivity contribution in [2.45, 2.75) is 37.6 Å². The largest absolute Gasteiger partial charge is 0.338 e. The Hall–Kier alpha value is -1.70. The van der Waals surface area contributed by atoms with Gasteiger partial charge in [-0.15, -0.1) is 11.3 Å². The first-order valence-electron chi connectivity index (χ1n) is 9.17. The molecule has 3 rings (SSSR count). The molecular formula is C20H26N2O3S2. The van der Waals surface area contributed by atoms with Gasteiger partial charge in [0.25, 0.3) is 0 Å². The highest BCUT2D eigenvalue weighted by Crippen LogP contribution is 2.29. The fraction of sp³-hybridized carbons (Fsp3) is 0.450. The van der Waals surface area contributed by atoms with Crippen LogP contribution in [0.3, 0.4) is 0 Å². The third-order valence-electron chi connectivity index (χ3n) is 5.35. The summed E-state index contributed by atoms with van der Waals surface area (Å²) in [5.74, 6) is -0.0230. The summed E-state index contributed by atoms with van der Waals surface area (Å²) in [7, 11) is -1.65. The third-order valence-corrected chi connectivity index (χ3v) is 8.30. The van der Waals surface area contributed by atoms with E-state index in [0.717, 1.165) is 10.4 Å². The first kappa shape index (κ1) is 20.0. The first-order chi connectivity index (χ1) is 12.8. The molecular weight excluding hydrogens is 380 g/mol. The second kappa shape index (κ2) is 8.12. The van der Waals surface area contributed by atoms with Gasteiger partial charge in [-0.1, -0.05) is 23.8 Å². The maximum absolute atomic E-state index is 12.9. The van der Waals surface area contributed by atoms with Crippen LogP contribution in [0.5, 0.6) is 0 Å². The van der Waals surface area contributed by atoms with Crippen LogP contribution in [0.4, 0.5) is 0 Å². The van der Waals surface area contributed by atoms with Crippen LogP contribution >= 0.6 is 11.3 Å². The number of hydrogen-bond acceptors (Lipinski definition) is 4. The SMILES string of the molecule is Cc1ccc(S(=O)(=O)N2CCC(C(=O)N(C)C(C)c3cccs3)CC2)cc1. The minimum atomic E-state index is -3.49. The van der Waals surface area contributed by atoms with Gasteiger partial charge in [0.1, 0.15) is 0 Å². The Kier molecular flexibility index (Phi) is 6.03. The molecule has 2 aromatic rings. The number of hydrogen-bond donors (Lipinski definition) is 0. The molecule has 146 valence electrons. The Balaban J connectivity index is 1.62. The van der Waals surface area contributed by atoms with Gasteiger partial charge in [0.05, 0.1) is 10.9 Å². The highest BCUT2D eigenvalue weighted by molar-refractivity contribution is 7.89. The van der Waals surface area contributed by atoms with Crippen molar-refractivity contribution in [3.05, 3.63) is 52.2 Å². The molecule has 0 N–H and O–H groups in total. The molecule has 1 unspecified atom stereocenters. The van der Waals surface area contributed by atoms with Crippen LogP contribution in [0.1, 0.15) is 36.2 Å². The number of amides is 1. The van der Waals surface area contributed by atoms with Gasteiger partial charge in [0.15, 0.2) is 0 Å². The lowest BCUT2D eigenvalue weighted by molar-refractivity contribution is -0.137. The van der Waals surface area contributed by atoms with Crippen molar-refractivity contribution in [2.24, 2.45) is 5.92 Å². The summed E-state index contributed by atoms with van der Waals surface area (Å²) >= 11 is 1.64. The number of rotatable bonds is 5. The molecule has 1 aliphatic rings. The molecule has 1 amide bonds. The van der Waals surface area contributed by atoms with E-state index in [1.807, 2.05) is 50.5 Å². The normalized spacial score (nSPS) is 17.6. The topological polar surface area (TPSA) is 57.7 Å². The predicted octanol–water partition coefficient (Wildman–Crippen LogP) is 3.68. The number of nitrogens with zero attached hydrogens (tertiary/aromatic N) is 2. The van der Waals surface area contributed by atoms with E-state index in [1.165, 1.54) is 4.31 Å². The van der Waals surface area contributed by atoms with E-state index in [-0.39, 0.29) is 17.9 Å². The zero-order valence-corrected chi connectivity index (χ0v) is 17.6. The highest BCUT2D eigenvalue weighted by Gasteiger charge is 2.34. The molecule has 0 aliphatic carbocycles. The maximum atomic E-state index is 12.9. The molecule has 1 aromatic heterocycles. The maximum Gasteiger partial charge on any atom is 0.243 e.